The first-order chi connectivity index (χ1) is 10.4. The lowest BCUT2D eigenvalue weighted by Gasteiger charge is -2.12. The van der Waals surface area contributed by atoms with Gasteiger partial charge in [-0.2, -0.15) is 0 Å². The minimum absolute atomic E-state index is 0.0254. The SMILES string of the molecule is COc1ccc(C(=O)NC(C)c2onc(C)c2C(=O)O)cc1. The van der Waals surface area contributed by atoms with E-state index < -0.39 is 12.0 Å². The highest BCUT2D eigenvalue weighted by Gasteiger charge is 2.25. The molecular weight excluding hydrogens is 288 g/mol. The average Bonchev–Trinajstić information content (AvgIpc) is 2.89. The van der Waals surface area contributed by atoms with Gasteiger partial charge in [-0.3, -0.25) is 4.79 Å². The summed E-state index contributed by atoms with van der Waals surface area (Å²) in [5, 5.41) is 15.5. The van der Waals surface area contributed by atoms with E-state index in [4.69, 9.17) is 14.4 Å². The lowest BCUT2D eigenvalue weighted by molar-refractivity contribution is 0.0690. The van der Waals surface area contributed by atoms with Crippen LogP contribution in [0.4, 0.5) is 0 Å². The van der Waals surface area contributed by atoms with Crippen LogP contribution in [-0.4, -0.2) is 29.2 Å². The lowest BCUT2D eigenvalue weighted by Crippen LogP contribution is -2.27. The Kier molecular flexibility index (Phi) is 4.45. The van der Waals surface area contributed by atoms with E-state index in [9.17, 15) is 9.59 Å². The second-order valence-corrected chi connectivity index (χ2v) is 4.74. The van der Waals surface area contributed by atoms with Gasteiger partial charge >= 0.3 is 5.97 Å². The van der Waals surface area contributed by atoms with Crippen molar-refractivity contribution in [2.45, 2.75) is 19.9 Å². The van der Waals surface area contributed by atoms with Crippen molar-refractivity contribution in [1.82, 2.24) is 10.5 Å². The molecule has 7 nitrogen and oxygen atoms in total. The van der Waals surface area contributed by atoms with E-state index in [0.29, 0.717) is 11.3 Å². The van der Waals surface area contributed by atoms with Crippen molar-refractivity contribution < 1.29 is 24.0 Å². The van der Waals surface area contributed by atoms with Crippen molar-refractivity contribution in [1.29, 1.82) is 0 Å². The van der Waals surface area contributed by atoms with Gasteiger partial charge in [-0.15, -0.1) is 0 Å². The van der Waals surface area contributed by atoms with Crippen LogP contribution in [0.15, 0.2) is 28.8 Å². The fourth-order valence-corrected chi connectivity index (χ4v) is 2.03. The zero-order valence-corrected chi connectivity index (χ0v) is 12.4. The van der Waals surface area contributed by atoms with Crippen molar-refractivity contribution in [3.05, 3.63) is 46.8 Å². The molecule has 0 saturated carbocycles. The Morgan fingerprint density at radius 1 is 1.32 bits per heavy atom. The maximum absolute atomic E-state index is 12.2. The number of amides is 1. The smallest absolute Gasteiger partial charge is 0.341 e. The maximum atomic E-state index is 12.2. The van der Waals surface area contributed by atoms with Gasteiger partial charge in [0, 0.05) is 5.56 Å². The fraction of sp³-hybridized carbons (Fsp3) is 0.267. The van der Waals surface area contributed by atoms with Gasteiger partial charge in [0.2, 0.25) is 0 Å². The number of carbonyl (C=O) groups excluding carboxylic acids is 1. The topological polar surface area (TPSA) is 102 Å². The number of aryl methyl sites for hydroxylation is 1. The fourth-order valence-electron chi connectivity index (χ4n) is 2.03. The molecule has 0 saturated heterocycles. The van der Waals surface area contributed by atoms with Gasteiger partial charge in [-0.05, 0) is 38.1 Å². The Bertz CT molecular complexity index is 690. The van der Waals surface area contributed by atoms with E-state index in [-0.39, 0.29) is 22.9 Å². The van der Waals surface area contributed by atoms with Crippen molar-refractivity contribution in [3.63, 3.8) is 0 Å². The molecule has 0 aliphatic carbocycles. The lowest BCUT2D eigenvalue weighted by atomic mass is 10.1. The third kappa shape index (κ3) is 3.08. The molecule has 116 valence electrons. The highest BCUT2D eigenvalue weighted by Crippen LogP contribution is 2.21. The Morgan fingerprint density at radius 3 is 2.50 bits per heavy atom. The summed E-state index contributed by atoms with van der Waals surface area (Å²) in [6, 6.07) is 5.94. The Morgan fingerprint density at radius 2 is 1.95 bits per heavy atom. The summed E-state index contributed by atoms with van der Waals surface area (Å²) in [6.45, 7) is 3.17. The summed E-state index contributed by atoms with van der Waals surface area (Å²) in [6.07, 6.45) is 0. The molecule has 22 heavy (non-hydrogen) atoms. The van der Waals surface area contributed by atoms with Crippen LogP contribution in [0.2, 0.25) is 0 Å². The first-order valence-electron chi connectivity index (χ1n) is 6.58. The quantitative estimate of drug-likeness (QED) is 0.878. The monoisotopic (exact) mass is 304 g/mol. The van der Waals surface area contributed by atoms with E-state index in [2.05, 4.69) is 10.5 Å². The maximum Gasteiger partial charge on any atom is 0.341 e. The number of aromatic nitrogens is 1. The molecule has 7 heteroatoms. The highest BCUT2D eigenvalue weighted by molar-refractivity contribution is 5.95. The molecule has 1 atom stereocenters. The number of carbonyl (C=O) groups is 2. The first-order valence-corrected chi connectivity index (χ1v) is 6.58. The molecule has 0 radical (unpaired) electrons. The number of hydrogen-bond acceptors (Lipinski definition) is 5. The summed E-state index contributed by atoms with van der Waals surface area (Å²) in [7, 11) is 1.54. The second-order valence-electron chi connectivity index (χ2n) is 4.74. The molecule has 2 aromatic rings. The van der Waals surface area contributed by atoms with Crippen molar-refractivity contribution >= 4 is 11.9 Å². The molecule has 1 aromatic heterocycles. The van der Waals surface area contributed by atoms with Crippen LogP contribution in [0.25, 0.3) is 0 Å². The summed E-state index contributed by atoms with van der Waals surface area (Å²) < 4.78 is 10.1. The van der Waals surface area contributed by atoms with Crippen LogP contribution in [0.1, 0.15) is 45.1 Å². The number of nitrogens with one attached hydrogen (secondary N) is 1. The average molecular weight is 304 g/mol. The number of carboxylic acid groups (broad SMARTS) is 1. The Hall–Kier alpha value is -2.83. The largest absolute Gasteiger partial charge is 0.497 e. The predicted octanol–water partition coefficient (Wildman–Crippen LogP) is 2.18. The number of hydrogen-bond donors (Lipinski definition) is 2. The van der Waals surface area contributed by atoms with Crippen LogP contribution in [0, 0.1) is 6.92 Å². The van der Waals surface area contributed by atoms with Crippen molar-refractivity contribution in [2.24, 2.45) is 0 Å². The summed E-state index contributed by atoms with van der Waals surface area (Å²) >= 11 is 0. The first kappa shape index (κ1) is 15.6. The van der Waals surface area contributed by atoms with E-state index >= 15 is 0 Å². The van der Waals surface area contributed by atoms with Crippen LogP contribution in [0.3, 0.4) is 0 Å². The zero-order valence-electron chi connectivity index (χ0n) is 12.4. The van der Waals surface area contributed by atoms with E-state index in [1.165, 1.54) is 14.0 Å². The molecular formula is C15H16N2O5. The van der Waals surface area contributed by atoms with Crippen molar-refractivity contribution in [3.8, 4) is 5.75 Å². The van der Waals surface area contributed by atoms with Gasteiger partial charge in [-0.1, -0.05) is 5.16 Å². The number of nitrogens with zero attached hydrogens (tertiary/aromatic N) is 1. The number of methoxy groups -OCH3 is 1. The van der Waals surface area contributed by atoms with E-state index in [1.54, 1.807) is 31.2 Å². The molecule has 1 aromatic carbocycles. The molecule has 0 aliphatic heterocycles. The molecule has 2 N–H and O–H groups in total. The van der Waals surface area contributed by atoms with Crippen molar-refractivity contribution in [2.75, 3.05) is 7.11 Å². The molecule has 2 rings (SSSR count). The second kappa shape index (κ2) is 6.30. The Balaban J connectivity index is 2.15. The molecule has 0 bridgehead atoms. The number of rotatable bonds is 5. The van der Waals surface area contributed by atoms with Crippen LogP contribution in [0.5, 0.6) is 5.75 Å². The highest BCUT2D eigenvalue weighted by atomic mass is 16.5. The number of carboxylic acids is 1. The summed E-state index contributed by atoms with van der Waals surface area (Å²) in [5.74, 6) is -0.727. The normalized spacial score (nSPS) is 11.8. The summed E-state index contributed by atoms with van der Waals surface area (Å²) in [5.41, 5.74) is 0.677. The molecule has 1 amide bonds. The van der Waals surface area contributed by atoms with Gasteiger partial charge in [0.15, 0.2) is 5.76 Å². The minimum atomic E-state index is -1.14. The minimum Gasteiger partial charge on any atom is -0.497 e. The molecule has 1 unspecified atom stereocenters. The number of benzene rings is 1. The van der Waals surface area contributed by atoms with Gasteiger partial charge < -0.3 is 19.7 Å². The molecule has 0 aliphatic rings. The van der Waals surface area contributed by atoms with Crippen LogP contribution in [-0.2, 0) is 0 Å². The number of ether oxygens (including phenoxy) is 1. The van der Waals surface area contributed by atoms with Gasteiger partial charge in [0.1, 0.15) is 11.3 Å². The van der Waals surface area contributed by atoms with Gasteiger partial charge in [0.25, 0.3) is 5.91 Å². The Labute approximate surface area is 126 Å². The zero-order chi connectivity index (χ0) is 16.3. The number of aromatic carboxylic acids is 1. The van der Waals surface area contributed by atoms with Gasteiger partial charge in [-0.25, -0.2) is 4.79 Å². The van der Waals surface area contributed by atoms with E-state index in [0.717, 1.165) is 0 Å². The van der Waals surface area contributed by atoms with Gasteiger partial charge in [0.05, 0.1) is 18.8 Å². The summed E-state index contributed by atoms with van der Waals surface area (Å²) in [4.78, 5) is 23.4. The van der Waals surface area contributed by atoms with Crippen LogP contribution < -0.4 is 10.1 Å². The third-order valence-electron chi connectivity index (χ3n) is 3.20. The molecule has 1 heterocycles. The molecule has 0 fully saturated rings. The standard InChI is InChI=1S/C15H16N2O5/c1-8-12(15(19)20)13(22-17-8)9(2)16-14(18)10-4-6-11(21-3)7-5-10/h4-7,9H,1-3H3,(H,16,18)(H,19,20). The van der Waals surface area contributed by atoms with Crippen LogP contribution >= 0.6 is 0 Å². The predicted molar refractivity (Wildman–Crippen MR) is 77.1 cm³/mol. The van der Waals surface area contributed by atoms with E-state index in [1.807, 2.05) is 0 Å². The third-order valence-corrected chi connectivity index (χ3v) is 3.20. The molecule has 0 spiro atoms.